The highest BCUT2D eigenvalue weighted by Crippen LogP contribution is 2.25. The van der Waals surface area contributed by atoms with E-state index < -0.39 is 11.3 Å². The van der Waals surface area contributed by atoms with Gasteiger partial charge in [-0.25, -0.2) is 4.39 Å². The van der Waals surface area contributed by atoms with Crippen molar-refractivity contribution < 1.29 is 23.8 Å². The molecule has 1 amide bonds. The van der Waals surface area contributed by atoms with Gasteiger partial charge in [-0.3, -0.25) is 4.79 Å². The number of amides is 1. The fourth-order valence-electron chi connectivity index (χ4n) is 3.25. The number of alkyl halides is 1. The van der Waals surface area contributed by atoms with Gasteiger partial charge in [-0.15, -0.1) is 10.1 Å². The molecule has 1 aliphatic rings. The number of nitrogens with one attached hydrogen (secondary N) is 1. The third-order valence-electron chi connectivity index (χ3n) is 4.99. The van der Waals surface area contributed by atoms with Gasteiger partial charge < -0.3 is 14.9 Å². The van der Waals surface area contributed by atoms with Crippen molar-refractivity contribution in [2.75, 3.05) is 19.8 Å². The molecule has 0 aliphatic heterocycles. The van der Waals surface area contributed by atoms with E-state index in [0.29, 0.717) is 25.3 Å². The smallest absolute Gasteiger partial charge is 0.294 e. The van der Waals surface area contributed by atoms with E-state index in [0.717, 1.165) is 18.6 Å². The number of unbranched alkanes of at least 4 members (excludes halogenated alkanes) is 1. The maximum atomic E-state index is 13.5. The molecule has 1 saturated carbocycles. The Labute approximate surface area is 196 Å². The summed E-state index contributed by atoms with van der Waals surface area (Å²) in [5.41, 5.74) is 0. The van der Waals surface area contributed by atoms with Crippen LogP contribution in [0.25, 0.3) is 0 Å². The molecule has 1 aliphatic carbocycles. The Hall–Kier alpha value is -2.90. The third-order valence-corrected chi connectivity index (χ3v) is 4.99. The first kappa shape index (κ1) is 28.1. The van der Waals surface area contributed by atoms with Gasteiger partial charge in [-0.2, -0.15) is 0 Å². The Balaban J connectivity index is 0.000000331. The molecule has 8 heteroatoms. The van der Waals surface area contributed by atoms with Gasteiger partial charge in [0.05, 0.1) is 6.61 Å². The quantitative estimate of drug-likeness (QED) is 0.168. The predicted molar refractivity (Wildman–Crippen MR) is 127 cm³/mol. The molecule has 7 nitrogen and oxygen atoms in total. The number of nitrogens with zero attached hydrogens (tertiary/aromatic N) is 1. The van der Waals surface area contributed by atoms with Crippen LogP contribution in [0.3, 0.4) is 0 Å². The molecule has 184 valence electrons. The van der Waals surface area contributed by atoms with Gasteiger partial charge in [0, 0.05) is 13.0 Å². The minimum absolute atomic E-state index is 0.0197. The number of carbonyl (C=O) groups excluding carboxylic acids is 1. The molecule has 0 heterocycles. The summed E-state index contributed by atoms with van der Waals surface area (Å²) in [5, 5.41) is 11.6. The van der Waals surface area contributed by atoms with Crippen molar-refractivity contribution in [3.8, 4) is 5.75 Å². The third kappa shape index (κ3) is 16.4. The summed E-state index contributed by atoms with van der Waals surface area (Å²) < 4.78 is 18.9. The summed E-state index contributed by atoms with van der Waals surface area (Å²) in [6.45, 7) is 2.48. The predicted octanol–water partition coefficient (Wildman–Crippen LogP) is 5.60. The lowest BCUT2D eigenvalue weighted by Crippen LogP contribution is -2.25. The summed E-state index contributed by atoms with van der Waals surface area (Å²) in [6, 6.07) is 9.37. The summed E-state index contributed by atoms with van der Waals surface area (Å²) in [5.74, 6) is 1.29. The van der Waals surface area contributed by atoms with Gasteiger partial charge in [0.15, 0.2) is 6.17 Å². The number of benzene rings is 1. The van der Waals surface area contributed by atoms with Crippen molar-refractivity contribution in [3.05, 3.63) is 64.8 Å². The fourth-order valence-corrected chi connectivity index (χ4v) is 3.25. The standard InChI is InChI=1S/C15H19FO.C10H18N2O4/c16-14(11-10-13-6-4-5-7-13)12-17-15-8-2-1-3-9-15;1-2-3-4-5-7-10(13)11-8-6-9-16-12(14)15/h1-3,8-11,13-14H,4-7,12H2;2-3H,4-9H2,1H3,(H,11,13)/b11-10+;3-2-. The van der Waals surface area contributed by atoms with E-state index >= 15 is 0 Å². The van der Waals surface area contributed by atoms with Crippen molar-refractivity contribution in [3.63, 3.8) is 0 Å². The second kappa shape index (κ2) is 18.7. The molecule has 2 rings (SSSR count). The maximum Gasteiger partial charge on any atom is 0.294 e. The number of hydrogen-bond acceptors (Lipinski definition) is 5. The van der Waals surface area contributed by atoms with Crippen LogP contribution < -0.4 is 10.1 Å². The number of ether oxygens (including phenoxy) is 1. The molecule has 1 fully saturated rings. The van der Waals surface area contributed by atoms with Crippen molar-refractivity contribution in [1.82, 2.24) is 5.32 Å². The minimum Gasteiger partial charge on any atom is -0.490 e. The van der Waals surface area contributed by atoms with Crippen molar-refractivity contribution in [2.45, 2.75) is 64.5 Å². The molecule has 33 heavy (non-hydrogen) atoms. The number of carbonyl (C=O) groups is 1. The Morgan fingerprint density at radius 2 is 2.00 bits per heavy atom. The zero-order valence-corrected chi connectivity index (χ0v) is 19.5. The van der Waals surface area contributed by atoms with Crippen LogP contribution in [-0.4, -0.2) is 36.9 Å². The van der Waals surface area contributed by atoms with Crippen LogP contribution in [-0.2, 0) is 9.63 Å². The van der Waals surface area contributed by atoms with E-state index in [2.05, 4.69) is 10.2 Å². The van der Waals surface area contributed by atoms with Gasteiger partial charge in [0.25, 0.3) is 5.09 Å². The second-order valence-corrected chi connectivity index (χ2v) is 7.79. The van der Waals surface area contributed by atoms with E-state index in [1.807, 2.05) is 55.5 Å². The average molecular weight is 465 g/mol. The largest absolute Gasteiger partial charge is 0.490 e. The number of allylic oxidation sites excluding steroid dienone is 3. The van der Waals surface area contributed by atoms with Crippen LogP contribution in [0.2, 0.25) is 0 Å². The topological polar surface area (TPSA) is 90.7 Å². The molecule has 1 atom stereocenters. The Morgan fingerprint density at radius 3 is 2.67 bits per heavy atom. The van der Waals surface area contributed by atoms with Gasteiger partial charge in [0.1, 0.15) is 12.4 Å². The molecule has 1 N–H and O–H groups in total. The van der Waals surface area contributed by atoms with Crippen LogP contribution in [0.15, 0.2) is 54.6 Å². The average Bonchev–Trinajstić information content (AvgIpc) is 3.34. The van der Waals surface area contributed by atoms with Gasteiger partial charge in [-0.05, 0) is 57.1 Å². The Morgan fingerprint density at radius 1 is 1.27 bits per heavy atom. The van der Waals surface area contributed by atoms with Crippen molar-refractivity contribution >= 4 is 5.91 Å². The van der Waals surface area contributed by atoms with Gasteiger partial charge in [-0.1, -0.05) is 55.3 Å². The molecule has 0 radical (unpaired) electrons. The van der Waals surface area contributed by atoms with Crippen LogP contribution in [0.4, 0.5) is 4.39 Å². The highest BCUT2D eigenvalue weighted by molar-refractivity contribution is 5.75. The first-order valence-corrected chi connectivity index (χ1v) is 11.7. The van der Waals surface area contributed by atoms with Gasteiger partial charge in [0.2, 0.25) is 5.91 Å². The summed E-state index contributed by atoms with van der Waals surface area (Å²) >= 11 is 0. The van der Waals surface area contributed by atoms with Crippen LogP contribution in [0.1, 0.15) is 58.3 Å². The highest BCUT2D eigenvalue weighted by Gasteiger charge is 2.12. The number of halogens is 1. The first-order valence-electron chi connectivity index (χ1n) is 11.7. The first-order chi connectivity index (χ1) is 16.0. The summed E-state index contributed by atoms with van der Waals surface area (Å²) in [4.78, 5) is 25.1. The zero-order valence-electron chi connectivity index (χ0n) is 19.5. The van der Waals surface area contributed by atoms with E-state index in [1.54, 1.807) is 6.08 Å². The lowest BCUT2D eigenvalue weighted by atomic mass is 10.1. The van der Waals surface area contributed by atoms with E-state index in [4.69, 9.17) is 4.74 Å². The lowest BCUT2D eigenvalue weighted by Gasteiger charge is -2.08. The molecule has 0 saturated heterocycles. The van der Waals surface area contributed by atoms with E-state index in [-0.39, 0.29) is 19.1 Å². The zero-order chi connectivity index (χ0) is 24.2. The van der Waals surface area contributed by atoms with Crippen molar-refractivity contribution in [1.29, 1.82) is 0 Å². The SMILES string of the molecule is C/C=C\CCCC(=O)NCCCO[N+](=O)[O-].FC(/C=C/C1CCCC1)COc1ccccc1. The monoisotopic (exact) mass is 464 g/mol. The highest BCUT2D eigenvalue weighted by atomic mass is 19.1. The molecule has 1 aromatic carbocycles. The molecule has 0 spiro atoms. The maximum absolute atomic E-state index is 13.5. The number of para-hydroxylation sites is 1. The normalized spacial score (nSPS) is 14.6. The second-order valence-electron chi connectivity index (χ2n) is 7.79. The van der Waals surface area contributed by atoms with Crippen LogP contribution >= 0.6 is 0 Å². The number of rotatable bonds is 14. The molecule has 1 aromatic rings. The van der Waals surface area contributed by atoms with Crippen LogP contribution in [0.5, 0.6) is 5.75 Å². The van der Waals surface area contributed by atoms with Gasteiger partial charge >= 0.3 is 0 Å². The number of hydrogen-bond donors (Lipinski definition) is 1. The molecular formula is C25H37FN2O5. The summed E-state index contributed by atoms with van der Waals surface area (Å²) in [7, 11) is 0. The molecule has 0 bridgehead atoms. The fraction of sp³-hybridized carbons (Fsp3) is 0.560. The summed E-state index contributed by atoms with van der Waals surface area (Å²) in [6.07, 6.45) is 14.3. The van der Waals surface area contributed by atoms with E-state index in [1.165, 1.54) is 25.7 Å². The Bertz CT molecular complexity index is 706. The van der Waals surface area contributed by atoms with E-state index in [9.17, 15) is 19.3 Å². The minimum atomic E-state index is -1.00. The van der Waals surface area contributed by atoms with Crippen LogP contribution in [0, 0.1) is 16.0 Å². The lowest BCUT2D eigenvalue weighted by molar-refractivity contribution is -0.757. The molecule has 1 unspecified atom stereocenters. The van der Waals surface area contributed by atoms with Crippen molar-refractivity contribution in [2.24, 2.45) is 5.92 Å². The molecular weight excluding hydrogens is 427 g/mol. The Kier molecular flexibility index (Phi) is 15.9. The molecule has 0 aromatic heterocycles.